The number of hydrogen-bond acceptors (Lipinski definition) is 2. The molecule has 0 spiro atoms. The second kappa shape index (κ2) is 7.95. The van der Waals surface area contributed by atoms with Crippen LogP contribution < -0.4 is 5.73 Å². The molecule has 0 bridgehead atoms. The molecule has 0 saturated carbocycles. The molecule has 1 aliphatic heterocycles. The quantitative estimate of drug-likeness (QED) is 0.844. The fraction of sp³-hybridized carbons (Fsp3) is 0.684. The summed E-state index contributed by atoms with van der Waals surface area (Å²) in [4.78, 5) is 2.55. The summed E-state index contributed by atoms with van der Waals surface area (Å²) in [6.07, 6.45) is 5.43. The smallest absolute Gasteiger partial charge is 0.0424 e. The van der Waals surface area contributed by atoms with E-state index in [1.165, 1.54) is 49.9 Å². The van der Waals surface area contributed by atoms with E-state index in [4.69, 9.17) is 5.73 Å². The monoisotopic (exact) mass is 288 g/mol. The Labute approximate surface area is 130 Å². The Balaban J connectivity index is 1.83. The minimum Gasteiger partial charge on any atom is -0.323 e. The van der Waals surface area contributed by atoms with Crippen LogP contribution in [0.25, 0.3) is 0 Å². The van der Waals surface area contributed by atoms with Crippen LogP contribution in [-0.2, 0) is 0 Å². The van der Waals surface area contributed by atoms with E-state index < -0.39 is 0 Å². The van der Waals surface area contributed by atoms with Gasteiger partial charge in [-0.2, -0.15) is 0 Å². The molecule has 2 rings (SSSR count). The first kappa shape index (κ1) is 16.5. The molecular formula is C19H32N2. The van der Waals surface area contributed by atoms with Crippen LogP contribution >= 0.6 is 0 Å². The lowest BCUT2D eigenvalue weighted by atomic mass is 9.92. The molecule has 118 valence electrons. The van der Waals surface area contributed by atoms with Gasteiger partial charge in [-0.3, -0.25) is 0 Å². The lowest BCUT2D eigenvalue weighted by Crippen LogP contribution is -2.38. The Morgan fingerprint density at radius 3 is 2.19 bits per heavy atom. The molecule has 0 aromatic heterocycles. The van der Waals surface area contributed by atoms with Crippen molar-refractivity contribution in [2.45, 2.75) is 58.4 Å². The highest BCUT2D eigenvalue weighted by atomic mass is 15.1. The molecule has 1 fully saturated rings. The summed E-state index contributed by atoms with van der Waals surface area (Å²) in [7, 11) is 0. The van der Waals surface area contributed by atoms with Gasteiger partial charge in [0, 0.05) is 12.6 Å². The average molecular weight is 288 g/mol. The van der Waals surface area contributed by atoms with E-state index in [-0.39, 0.29) is 6.04 Å². The number of piperidine rings is 1. The maximum atomic E-state index is 6.40. The Bertz CT molecular complexity index is 402. The number of nitrogens with zero attached hydrogens (tertiary/aromatic N) is 1. The van der Waals surface area contributed by atoms with Gasteiger partial charge in [0.2, 0.25) is 0 Å². The van der Waals surface area contributed by atoms with Gasteiger partial charge in [0.25, 0.3) is 0 Å². The summed E-state index contributed by atoms with van der Waals surface area (Å²) < 4.78 is 0. The molecule has 0 amide bonds. The Hall–Kier alpha value is -0.860. The van der Waals surface area contributed by atoms with Crippen LogP contribution in [0.5, 0.6) is 0 Å². The van der Waals surface area contributed by atoms with Gasteiger partial charge in [-0.1, -0.05) is 57.9 Å². The summed E-state index contributed by atoms with van der Waals surface area (Å²) in [6.45, 7) is 10.2. The van der Waals surface area contributed by atoms with Gasteiger partial charge >= 0.3 is 0 Å². The third-order valence-electron chi connectivity index (χ3n) is 4.89. The van der Waals surface area contributed by atoms with Crippen molar-refractivity contribution in [2.24, 2.45) is 11.7 Å². The lowest BCUT2D eigenvalue weighted by molar-refractivity contribution is 0.170. The molecule has 2 N–H and O–H groups in total. The molecule has 1 aromatic carbocycles. The molecule has 1 heterocycles. The van der Waals surface area contributed by atoms with Crippen molar-refractivity contribution in [3.63, 3.8) is 0 Å². The van der Waals surface area contributed by atoms with Crippen molar-refractivity contribution in [1.82, 2.24) is 4.90 Å². The van der Waals surface area contributed by atoms with E-state index >= 15 is 0 Å². The van der Waals surface area contributed by atoms with Crippen molar-refractivity contribution >= 4 is 0 Å². The third-order valence-corrected chi connectivity index (χ3v) is 4.89. The highest BCUT2D eigenvalue weighted by molar-refractivity contribution is 5.26. The first-order chi connectivity index (χ1) is 10.1. The molecule has 0 radical (unpaired) electrons. The first-order valence-electron chi connectivity index (χ1n) is 8.68. The molecule has 1 aromatic rings. The number of likely N-dealkylation sites (tertiary alicyclic amines) is 1. The number of benzene rings is 1. The zero-order valence-electron chi connectivity index (χ0n) is 14.0. The predicted molar refractivity (Wildman–Crippen MR) is 91.5 cm³/mol. The molecule has 1 atom stereocenters. The zero-order valence-corrected chi connectivity index (χ0v) is 14.0. The second-order valence-electron chi connectivity index (χ2n) is 6.96. The van der Waals surface area contributed by atoms with E-state index in [0.717, 1.165) is 12.5 Å². The van der Waals surface area contributed by atoms with E-state index in [1.54, 1.807) is 0 Å². The maximum absolute atomic E-state index is 6.40. The van der Waals surface area contributed by atoms with E-state index in [9.17, 15) is 0 Å². The fourth-order valence-electron chi connectivity index (χ4n) is 3.38. The van der Waals surface area contributed by atoms with Gasteiger partial charge in [0.05, 0.1) is 0 Å². The van der Waals surface area contributed by atoms with Gasteiger partial charge < -0.3 is 10.6 Å². The first-order valence-corrected chi connectivity index (χ1v) is 8.68. The minimum atomic E-state index is 0.147. The molecule has 1 aliphatic rings. The van der Waals surface area contributed by atoms with Gasteiger partial charge in [-0.15, -0.1) is 0 Å². The maximum Gasteiger partial charge on any atom is 0.0424 e. The van der Waals surface area contributed by atoms with Gasteiger partial charge in [0.15, 0.2) is 0 Å². The normalized spacial score (nSPS) is 19.1. The zero-order chi connectivity index (χ0) is 15.2. The minimum absolute atomic E-state index is 0.147. The largest absolute Gasteiger partial charge is 0.323 e. The van der Waals surface area contributed by atoms with Crippen molar-refractivity contribution in [1.29, 1.82) is 0 Å². The van der Waals surface area contributed by atoms with Crippen LogP contribution in [0.3, 0.4) is 0 Å². The molecule has 2 heteroatoms. The van der Waals surface area contributed by atoms with Crippen LogP contribution in [0.1, 0.15) is 69.5 Å². The van der Waals surface area contributed by atoms with Gasteiger partial charge in [-0.25, -0.2) is 0 Å². The Morgan fingerprint density at radius 1 is 1.10 bits per heavy atom. The fourth-order valence-corrected chi connectivity index (χ4v) is 3.38. The van der Waals surface area contributed by atoms with Crippen molar-refractivity contribution in [3.8, 4) is 0 Å². The summed E-state index contributed by atoms with van der Waals surface area (Å²) in [6, 6.07) is 9.03. The molecule has 0 aliphatic carbocycles. The van der Waals surface area contributed by atoms with Crippen molar-refractivity contribution < 1.29 is 0 Å². The highest BCUT2D eigenvalue weighted by Gasteiger charge is 2.20. The lowest BCUT2D eigenvalue weighted by Gasteiger charge is -2.33. The summed E-state index contributed by atoms with van der Waals surface area (Å²) >= 11 is 0. The third kappa shape index (κ3) is 4.82. The number of rotatable bonds is 6. The molecule has 1 saturated heterocycles. The van der Waals surface area contributed by atoms with Crippen molar-refractivity contribution in [3.05, 3.63) is 35.4 Å². The van der Waals surface area contributed by atoms with Crippen LogP contribution in [-0.4, -0.2) is 24.5 Å². The van der Waals surface area contributed by atoms with Crippen molar-refractivity contribution in [2.75, 3.05) is 19.6 Å². The molecule has 1 unspecified atom stereocenters. The predicted octanol–water partition coefficient (Wildman–Crippen LogP) is 4.32. The molecule has 21 heavy (non-hydrogen) atoms. The van der Waals surface area contributed by atoms with Crippen LogP contribution in [0.2, 0.25) is 0 Å². The Morgan fingerprint density at radius 2 is 1.67 bits per heavy atom. The highest BCUT2D eigenvalue weighted by Crippen LogP contribution is 2.24. The van der Waals surface area contributed by atoms with Crippen LogP contribution in [0.15, 0.2) is 24.3 Å². The van der Waals surface area contributed by atoms with Crippen LogP contribution in [0.4, 0.5) is 0 Å². The summed E-state index contributed by atoms with van der Waals surface area (Å²) in [5.41, 5.74) is 9.07. The standard InChI is InChI=1S/C19H32N2/c1-4-5-16-10-12-21(13-11-16)14-19(20)18-8-6-17(7-9-18)15(2)3/h6-9,15-16,19H,4-5,10-14,20H2,1-3H3. The summed E-state index contributed by atoms with van der Waals surface area (Å²) in [5.74, 6) is 1.54. The summed E-state index contributed by atoms with van der Waals surface area (Å²) in [5, 5.41) is 0. The number of hydrogen-bond donors (Lipinski definition) is 1. The molecule has 2 nitrogen and oxygen atoms in total. The van der Waals surface area contributed by atoms with Crippen LogP contribution in [0, 0.1) is 5.92 Å². The molecular weight excluding hydrogens is 256 g/mol. The SMILES string of the molecule is CCCC1CCN(CC(N)c2ccc(C(C)C)cc2)CC1. The van der Waals surface area contributed by atoms with E-state index in [0.29, 0.717) is 5.92 Å². The average Bonchev–Trinajstić information content (AvgIpc) is 2.49. The van der Waals surface area contributed by atoms with Gasteiger partial charge in [-0.05, 0) is 48.9 Å². The van der Waals surface area contributed by atoms with Gasteiger partial charge in [0.1, 0.15) is 0 Å². The van der Waals surface area contributed by atoms with E-state index in [1.807, 2.05) is 0 Å². The topological polar surface area (TPSA) is 29.3 Å². The second-order valence-corrected chi connectivity index (χ2v) is 6.96. The van der Waals surface area contributed by atoms with E-state index in [2.05, 4.69) is 49.9 Å². The number of nitrogens with two attached hydrogens (primary N) is 1. The Kier molecular flexibility index (Phi) is 6.25.